The van der Waals surface area contributed by atoms with Crippen LogP contribution in [-0.4, -0.2) is 49.9 Å². The Hall–Kier alpha value is -3.57. The van der Waals surface area contributed by atoms with E-state index in [0.717, 1.165) is 24.2 Å². The van der Waals surface area contributed by atoms with Crippen LogP contribution in [0.4, 0.5) is 5.82 Å². The quantitative estimate of drug-likeness (QED) is 0.593. The minimum atomic E-state index is -0.0791. The number of fused-ring (bicyclic) bond motifs is 1. The topological polar surface area (TPSA) is 124 Å². The van der Waals surface area contributed by atoms with Gasteiger partial charge in [-0.15, -0.1) is 0 Å². The van der Waals surface area contributed by atoms with Gasteiger partial charge in [0, 0.05) is 37.1 Å². The van der Waals surface area contributed by atoms with Crippen LogP contribution in [0.3, 0.4) is 0 Å². The van der Waals surface area contributed by atoms with Crippen LogP contribution < -0.4 is 11.5 Å². The van der Waals surface area contributed by atoms with Gasteiger partial charge >= 0.3 is 0 Å². The lowest BCUT2D eigenvalue weighted by molar-refractivity contribution is 0.0708. The number of aromatic nitrogens is 4. The highest BCUT2D eigenvalue weighted by atomic mass is 16.2. The Bertz CT molecular complexity index is 1200. The van der Waals surface area contributed by atoms with Crippen molar-refractivity contribution in [1.29, 1.82) is 0 Å². The number of likely N-dealkylation sites (tertiary alicyclic amines) is 1. The highest BCUT2D eigenvalue weighted by Crippen LogP contribution is 2.20. The molecule has 4 rings (SSSR count). The van der Waals surface area contributed by atoms with E-state index in [0.29, 0.717) is 40.8 Å². The molecular weight excluding hydrogens is 378 g/mol. The first-order valence-electron chi connectivity index (χ1n) is 9.83. The molecule has 1 saturated heterocycles. The van der Waals surface area contributed by atoms with Crippen LogP contribution in [0.5, 0.6) is 0 Å². The van der Waals surface area contributed by atoms with E-state index in [4.69, 9.17) is 11.5 Å². The van der Waals surface area contributed by atoms with Gasteiger partial charge in [-0.05, 0) is 32.8 Å². The van der Waals surface area contributed by atoms with Crippen LogP contribution in [0.2, 0.25) is 0 Å². The van der Waals surface area contributed by atoms with Crippen LogP contribution in [0.25, 0.3) is 11.0 Å². The summed E-state index contributed by atoms with van der Waals surface area (Å²) in [5.74, 6) is 6.29. The molecule has 3 aromatic heterocycles. The summed E-state index contributed by atoms with van der Waals surface area (Å²) in [4.78, 5) is 32.0. The van der Waals surface area contributed by atoms with Crippen LogP contribution in [0, 0.1) is 25.7 Å². The van der Waals surface area contributed by atoms with Crippen molar-refractivity contribution in [2.45, 2.75) is 32.7 Å². The van der Waals surface area contributed by atoms with Crippen molar-refractivity contribution in [2.75, 3.05) is 18.8 Å². The standard InChI is InChI=1S/C22H23N7O/c1-13-14(2)28-20-18(21(24)26-11-19(20)27-13)6-5-15-8-16(10-25-9-15)22(30)29-7-3-4-17(23)12-29/h8-11,17H,3-4,7,12,23H2,1-2H3,(H2,24,26)/t17-/m0/s1. The van der Waals surface area contributed by atoms with Crippen LogP contribution in [0.15, 0.2) is 24.7 Å². The average molecular weight is 401 g/mol. The number of rotatable bonds is 1. The van der Waals surface area contributed by atoms with Gasteiger partial charge in [-0.3, -0.25) is 9.78 Å². The van der Waals surface area contributed by atoms with E-state index in [-0.39, 0.29) is 17.8 Å². The lowest BCUT2D eigenvalue weighted by atomic mass is 10.1. The minimum Gasteiger partial charge on any atom is -0.383 e. The molecule has 0 radical (unpaired) electrons. The van der Waals surface area contributed by atoms with Crippen LogP contribution >= 0.6 is 0 Å². The number of carbonyl (C=O) groups excluding carboxylic acids is 1. The van der Waals surface area contributed by atoms with Crippen molar-refractivity contribution in [3.8, 4) is 11.8 Å². The molecule has 0 bridgehead atoms. The smallest absolute Gasteiger partial charge is 0.255 e. The molecule has 30 heavy (non-hydrogen) atoms. The van der Waals surface area contributed by atoms with E-state index in [9.17, 15) is 4.79 Å². The lowest BCUT2D eigenvalue weighted by Crippen LogP contribution is -2.45. The second-order valence-corrected chi connectivity index (χ2v) is 7.51. The summed E-state index contributed by atoms with van der Waals surface area (Å²) >= 11 is 0. The summed E-state index contributed by atoms with van der Waals surface area (Å²) < 4.78 is 0. The maximum absolute atomic E-state index is 12.8. The molecule has 152 valence electrons. The number of nitrogens with zero attached hydrogens (tertiary/aromatic N) is 5. The van der Waals surface area contributed by atoms with Crippen molar-refractivity contribution >= 4 is 22.8 Å². The SMILES string of the molecule is Cc1nc2cnc(N)c(C#Cc3cncc(C(=O)N4CCC[C@H](N)C4)c3)c2nc1C. The second kappa shape index (κ2) is 8.05. The molecule has 4 heterocycles. The molecule has 0 unspecified atom stereocenters. The molecule has 0 aromatic carbocycles. The molecule has 3 aromatic rings. The highest BCUT2D eigenvalue weighted by Gasteiger charge is 2.22. The lowest BCUT2D eigenvalue weighted by Gasteiger charge is -2.30. The Morgan fingerprint density at radius 2 is 1.97 bits per heavy atom. The van der Waals surface area contributed by atoms with Crippen LogP contribution in [0.1, 0.15) is 45.7 Å². The number of nitrogens with two attached hydrogens (primary N) is 2. The highest BCUT2D eigenvalue weighted by molar-refractivity contribution is 5.94. The third-order valence-electron chi connectivity index (χ3n) is 5.21. The molecular formula is C22H23N7O. The molecule has 1 amide bonds. The fourth-order valence-corrected chi connectivity index (χ4v) is 3.47. The van der Waals surface area contributed by atoms with Gasteiger partial charge in [0.1, 0.15) is 16.9 Å². The van der Waals surface area contributed by atoms with Gasteiger partial charge in [-0.1, -0.05) is 11.8 Å². The van der Waals surface area contributed by atoms with E-state index in [1.165, 1.54) is 0 Å². The number of hydrogen-bond donors (Lipinski definition) is 2. The molecule has 1 fully saturated rings. The summed E-state index contributed by atoms with van der Waals surface area (Å²) in [6.45, 7) is 5.05. The number of pyridine rings is 2. The Morgan fingerprint density at radius 1 is 1.17 bits per heavy atom. The second-order valence-electron chi connectivity index (χ2n) is 7.51. The van der Waals surface area contributed by atoms with Crippen molar-refractivity contribution in [2.24, 2.45) is 5.73 Å². The van der Waals surface area contributed by atoms with E-state index >= 15 is 0 Å². The molecule has 4 N–H and O–H groups in total. The maximum Gasteiger partial charge on any atom is 0.255 e. The number of amides is 1. The van der Waals surface area contributed by atoms with Gasteiger partial charge < -0.3 is 16.4 Å². The summed E-state index contributed by atoms with van der Waals surface area (Å²) in [5.41, 5.74) is 16.6. The van der Waals surface area contributed by atoms with Gasteiger partial charge in [0.25, 0.3) is 5.91 Å². The van der Waals surface area contributed by atoms with Gasteiger partial charge in [-0.2, -0.15) is 0 Å². The predicted molar refractivity (Wildman–Crippen MR) is 115 cm³/mol. The van der Waals surface area contributed by atoms with E-state index in [1.54, 1.807) is 29.6 Å². The molecule has 1 aliphatic heterocycles. The predicted octanol–water partition coefficient (Wildman–Crippen LogP) is 1.58. The number of nitrogen functional groups attached to an aromatic ring is 1. The molecule has 8 nitrogen and oxygen atoms in total. The Morgan fingerprint density at radius 3 is 2.77 bits per heavy atom. The molecule has 1 atom stereocenters. The fraction of sp³-hybridized carbons (Fsp3) is 0.318. The summed E-state index contributed by atoms with van der Waals surface area (Å²) in [6.07, 6.45) is 6.61. The zero-order valence-electron chi connectivity index (χ0n) is 17.0. The number of anilines is 1. The first kappa shape index (κ1) is 19.7. The Balaban J connectivity index is 1.67. The maximum atomic E-state index is 12.8. The van der Waals surface area contributed by atoms with Crippen molar-refractivity contribution in [3.63, 3.8) is 0 Å². The molecule has 0 saturated carbocycles. The van der Waals surface area contributed by atoms with E-state index in [2.05, 4.69) is 31.8 Å². The van der Waals surface area contributed by atoms with Crippen molar-refractivity contribution in [1.82, 2.24) is 24.8 Å². The molecule has 8 heteroatoms. The third kappa shape index (κ3) is 3.93. The molecule has 0 aliphatic carbocycles. The van der Waals surface area contributed by atoms with Crippen LogP contribution in [-0.2, 0) is 0 Å². The zero-order chi connectivity index (χ0) is 21.3. The Kier molecular flexibility index (Phi) is 5.29. The summed E-state index contributed by atoms with van der Waals surface area (Å²) in [6, 6.07) is 1.76. The van der Waals surface area contributed by atoms with Gasteiger partial charge in [0.15, 0.2) is 0 Å². The number of piperidine rings is 1. The number of carbonyl (C=O) groups is 1. The third-order valence-corrected chi connectivity index (χ3v) is 5.21. The largest absolute Gasteiger partial charge is 0.383 e. The molecule has 0 spiro atoms. The summed E-state index contributed by atoms with van der Waals surface area (Å²) in [7, 11) is 0. The van der Waals surface area contributed by atoms with Gasteiger partial charge in [-0.25, -0.2) is 15.0 Å². The van der Waals surface area contributed by atoms with Crippen molar-refractivity contribution in [3.05, 3.63) is 52.7 Å². The van der Waals surface area contributed by atoms with Gasteiger partial charge in [0.05, 0.1) is 28.7 Å². The number of aryl methyl sites for hydroxylation is 2. The number of hydrogen-bond acceptors (Lipinski definition) is 7. The van der Waals surface area contributed by atoms with E-state index in [1.807, 2.05) is 13.8 Å². The normalized spacial score (nSPS) is 16.2. The first-order chi connectivity index (χ1) is 14.4. The fourth-order valence-electron chi connectivity index (χ4n) is 3.47. The van der Waals surface area contributed by atoms with E-state index < -0.39 is 0 Å². The van der Waals surface area contributed by atoms with Crippen molar-refractivity contribution < 1.29 is 4.79 Å². The minimum absolute atomic E-state index is 0.0219. The van der Waals surface area contributed by atoms with Gasteiger partial charge in [0.2, 0.25) is 0 Å². The first-order valence-corrected chi connectivity index (χ1v) is 9.83. The zero-order valence-corrected chi connectivity index (χ0v) is 17.0. The molecule has 1 aliphatic rings. The summed E-state index contributed by atoms with van der Waals surface area (Å²) in [5, 5.41) is 0. The monoisotopic (exact) mass is 401 g/mol. The Labute approximate surface area is 174 Å². The average Bonchev–Trinajstić information content (AvgIpc) is 2.74.